The molecule has 11 heavy (non-hydrogen) atoms. The Morgan fingerprint density at radius 3 is 2.64 bits per heavy atom. The summed E-state index contributed by atoms with van der Waals surface area (Å²) < 4.78 is 5.01. The fourth-order valence-corrected chi connectivity index (χ4v) is 1.91. The normalized spacial score (nSPS) is 31.6. The van der Waals surface area contributed by atoms with E-state index in [4.69, 9.17) is 4.74 Å². The molecule has 0 saturated heterocycles. The van der Waals surface area contributed by atoms with Crippen LogP contribution in [0.15, 0.2) is 11.8 Å². The van der Waals surface area contributed by atoms with Gasteiger partial charge in [0.25, 0.3) is 0 Å². The zero-order chi connectivity index (χ0) is 8.48. The molecule has 0 aromatic heterocycles. The first-order valence-electron chi connectivity index (χ1n) is 4.35. The van der Waals surface area contributed by atoms with E-state index < -0.39 is 0 Å². The molecule has 1 rings (SSSR count). The van der Waals surface area contributed by atoms with Crippen LogP contribution >= 0.6 is 0 Å². The van der Waals surface area contributed by atoms with E-state index in [1.807, 2.05) is 6.26 Å². The quantitative estimate of drug-likeness (QED) is 0.556. The fourth-order valence-electron chi connectivity index (χ4n) is 1.91. The van der Waals surface area contributed by atoms with Gasteiger partial charge in [-0.2, -0.15) is 0 Å². The molecule has 0 aromatic rings. The van der Waals surface area contributed by atoms with E-state index >= 15 is 0 Å². The monoisotopic (exact) mass is 154 g/mol. The molecule has 0 amide bonds. The Morgan fingerprint density at radius 2 is 2.27 bits per heavy atom. The van der Waals surface area contributed by atoms with Crippen LogP contribution in [0.5, 0.6) is 0 Å². The van der Waals surface area contributed by atoms with Gasteiger partial charge in [-0.15, -0.1) is 0 Å². The lowest BCUT2D eigenvalue weighted by molar-refractivity contribution is 0.147. The van der Waals surface area contributed by atoms with E-state index in [2.05, 4.69) is 20.8 Å². The third-order valence-electron chi connectivity index (χ3n) is 3.07. The first-order valence-corrected chi connectivity index (χ1v) is 4.35. The van der Waals surface area contributed by atoms with Crippen molar-refractivity contribution in [1.29, 1.82) is 0 Å². The molecule has 0 aliphatic heterocycles. The molecule has 1 saturated carbocycles. The molecule has 64 valence electrons. The number of methoxy groups -OCH3 is 1. The molecular weight excluding hydrogens is 136 g/mol. The maximum Gasteiger partial charge on any atom is 0.0822 e. The maximum atomic E-state index is 5.01. The van der Waals surface area contributed by atoms with Crippen LogP contribution in [-0.2, 0) is 4.74 Å². The Morgan fingerprint density at radius 1 is 1.64 bits per heavy atom. The summed E-state index contributed by atoms with van der Waals surface area (Å²) in [5.74, 6) is 0.865. The van der Waals surface area contributed by atoms with Gasteiger partial charge in [0.15, 0.2) is 0 Å². The molecule has 0 heterocycles. The number of hydrogen-bond acceptors (Lipinski definition) is 1. The summed E-state index contributed by atoms with van der Waals surface area (Å²) in [6, 6.07) is 0. The molecule has 1 fully saturated rings. The average Bonchev–Trinajstić information content (AvgIpc) is 1.97. The standard InChI is InChI=1S/C10H18O/c1-5-8-6-9(7-11-4)10(8,2)3/h7-8H,5-6H2,1-4H3. The molecule has 0 bridgehead atoms. The van der Waals surface area contributed by atoms with Crippen LogP contribution in [0.3, 0.4) is 0 Å². The van der Waals surface area contributed by atoms with E-state index in [0.717, 1.165) is 5.92 Å². The van der Waals surface area contributed by atoms with Gasteiger partial charge in [0, 0.05) is 0 Å². The molecule has 1 heteroatoms. The van der Waals surface area contributed by atoms with Gasteiger partial charge >= 0.3 is 0 Å². The van der Waals surface area contributed by atoms with Crippen LogP contribution in [0.25, 0.3) is 0 Å². The second-order valence-corrected chi connectivity index (χ2v) is 3.91. The molecular formula is C10H18O. The van der Waals surface area contributed by atoms with Crippen LogP contribution in [0.1, 0.15) is 33.6 Å². The van der Waals surface area contributed by atoms with Gasteiger partial charge in [0.1, 0.15) is 0 Å². The van der Waals surface area contributed by atoms with Crippen molar-refractivity contribution in [3.63, 3.8) is 0 Å². The number of allylic oxidation sites excluding steroid dienone is 1. The lowest BCUT2D eigenvalue weighted by atomic mass is 9.58. The highest BCUT2D eigenvalue weighted by atomic mass is 16.5. The molecule has 1 aliphatic carbocycles. The second-order valence-electron chi connectivity index (χ2n) is 3.91. The first kappa shape index (κ1) is 8.63. The molecule has 1 atom stereocenters. The van der Waals surface area contributed by atoms with Crippen LogP contribution < -0.4 is 0 Å². The highest BCUT2D eigenvalue weighted by Gasteiger charge is 2.42. The van der Waals surface area contributed by atoms with E-state index in [0.29, 0.717) is 5.41 Å². The molecule has 1 aliphatic rings. The van der Waals surface area contributed by atoms with E-state index in [1.165, 1.54) is 18.4 Å². The molecule has 0 spiro atoms. The largest absolute Gasteiger partial charge is 0.504 e. The summed E-state index contributed by atoms with van der Waals surface area (Å²) in [4.78, 5) is 0. The van der Waals surface area contributed by atoms with Gasteiger partial charge in [-0.1, -0.05) is 27.2 Å². The van der Waals surface area contributed by atoms with Crippen molar-refractivity contribution >= 4 is 0 Å². The fraction of sp³-hybridized carbons (Fsp3) is 0.800. The van der Waals surface area contributed by atoms with Crippen LogP contribution in [-0.4, -0.2) is 7.11 Å². The minimum absolute atomic E-state index is 0.394. The van der Waals surface area contributed by atoms with Gasteiger partial charge in [0.05, 0.1) is 13.4 Å². The highest BCUT2D eigenvalue weighted by molar-refractivity contribution is 5.22. The van der Waals surface area contributed by atoms with Crippen molar-refractivity contribution < 1.29 is 4.74 Å². The Bertz CT molecular complexity index is 168. The lowest BCUT2D eigenvalue weighted by Crippen LogP contribution is -2.37. The number of rotatable bonds is 2. The van der Waals surface area contributed by atoms with E-state index in [-0.39, 0.29) is 0 Å². The van der Waals surface area contributed by atoms with Gasteiger partial charge in [-0.05, 0) is 23.3 Å². The van der Waals surface area contributed by atoms with Gasteiger partial charge in [-0.3, -0.25) is 0 Å². The van der Waals surface area contributed by atoms with Crippen molar-refractivity contribution in [2.75, 3.05) is 7.11 Å². The minimum atomic E-state index is 0.394. The van der Waals surface area contributed by atoms with Crippen molar-refractivity contribution in [3.8, 4) is 0 Å². The number of ether oxygens (including phenoxy) is 1. The van der Waals surface area contributed by atoms with Crippen LogP contribution in [0, 0.1) is 11.3 Å². The topological polar surface area (TPSA) is 9.23 Å². The SMILES string of the molecule is CCC1CC(=COC)C1(C)C. The van der Waals surface area contributed by atoms with Crippen molar-refractivity contribution in [1.82, 2.24) is 0 Å². The smallest absolute Gasteiger partial charge is 0.0822 e. The second kappa shape index (κ2) is 2.88. The highest BCUT2D eigenvalue weighted by Crippen LogP contribution is 2.52. The summed E-state index contributed by atoms with van der Waals surface area (Å²) in [5, 5.41) is 0. The number of hydrogen-bond donors (Lipinski definition) is 0. The van der Waals surface area contributed by atoms with E-state index in [1.54, 1.807) is 7.11 Å². The maximum absolute atomic E-state index is 5.01. The summed E-state index contributed by atoms with van der Waals surface area (Å²) in [5.41, 5.74) is 1.86. The Hall–Kier alpha value is -0.460. The Balaban J connectivity index is 2.61. The molecule has 0 N–H and O–H groups in total. The van der Waals surface area contributed by atoms with E-state index in [9.17, 15) is 0 Å². The predicted molar refractivity (Wildman–Crippen MR) is 47.3 cm³/mol. The molecule has 0 aromatic carbocycles. The third-order valence-corrected chi connectivity index (χ3v) is 3.07. The van der Waals surface area contributed by atoms with Crippen molar-refractivity contribution in [3.05, 3.63) is 11.8 Å². The molecule has 1 nitrogen and oxygen atoms in total. The summed E-state index contributed by atoms with van der Waals surface area (Å²) in [6.07, 6.45) is 4.43. The summed E-state index contributed by atoms with van der Waals surface area (Å²) in [7, 11) is 1.72. The summed E-state index contributed by atoms with van der Waals surface area (Å²) in [6.45, 7) is 6.86. The molecule has 0 radical (unpaired) electrons. The lowest BCUT2D eigenvalue weighted by Gasteiger charge is -2.46. The zero-order valence-corrected chi connectivity index (χ0v) is 7.98. The zero-order valence-electron chi connectivity index (χ0n) is 7.98. The van der Waals surface area contributed by atoms with Crippen LogP contribution in [0.4, 0.5) is 0 Å². The Labute approximate surface area is 69.4 Å². The molecule has 1 unspecified atom stereocenters. The first-order chi connectivity index (χ1) is 5.12. The van der Waals surface area contributed by atoms with Gasteiger partial charge in [0.2, 0.25) is 0 Å². The van der Waals surface area contributed by atoms with Crippen LogP contribution in [0.2, 0.25) is 0 Å². The van der Waals surface area contributed by atoms with Gasteiger partial charge in [-0.25, -0.2) is 0 Å². The van der Waals surface area contributed by atoms with Crippen molar-refractivity contribution in [2.45, 2.75) is 33.6 Å². The third kappa shape index (κ3) is 1.29. The van der Waals surface area contributed by atoms with Gasteiger partial charge < -0.3 is 4.74 Å². The average molecular weight is 154 g/mol. The van der Waals surface area contributed by atoms with Crippen molar-refractivity contribution in [2.24, 2.45) is 11.3 Å². The minimum Gasteiger partial charge on any atom is -0.504 e. The predicted octanol–water partition coefficient (Wildman–Crippen LogP) is 2.97. The summed E-state index contributed by atoms with van der Waals surface area (Å²) >= 11 is 0. The Kier molecular flexibility index (Phi) is 2.26.